The number of aryl methyl sites for hydroxylation is 1. The van der Waals surface area contributed by atoms with Gasteiger partial charge in [-0.2, -0.15) is 0 Å². The molecule has 0 radical (unpaired) electrons. The van der Waals surface area contributed by atoms with Crippen molar-refractivity contribution in [3.63, 3.8) is 0 Å². The number of carbonyl (C=O) groups excluding carboxylic acids is 1. The number of hydrogen-bond acceptors (Lipinski definition) is 3. The molecule has 1 saturated heterocycles. The van der Waals surface area contributed by atoms with Crippen molar-refractivity contribution in [1.82, 2.24) is 9.88 Å². The lowest BCUT2D eigenvalue weighted by Gasteiger charge is -2.14. The van der Waals surface area contributed by atoms with Crippen LogP contribution in [0.5, 0.6) is 0 Å². The number of hydrogen-bond donors (Lipinski definition) is 0. The van der Waals surface area contributed by atoms with Gasteiger partial charge in [0.05, 0.1) is 10.8 Å². The molecule has 16 heavy (non-hydrogen) atoms. The quantitative estimate of drug-likeness (QED) is 0.754. The Hall–Kier alpha value is -1.03. The Bertz CT molecular complexity index is 358. The number of rotatable bonds is 3. The normalized spacial score (nSPS) is 15.4. The third-order valence-electron chi connectivity index (χ3n) is 2.69. The van der Waals surface area contributed by atoms with Crippen molar-refractivity contribution < 1.29 is 4.79 Å². The van der Waals surface area contributed by atoms with Gasteiger partial charge in [-0.15, -0.1) is 0 Å². The fraction of sp³-hybridized carbons (Fsp3) is 0.500. The maximum Gasteiger partial charge on any atom is 0.232 e. The minimum Gasteiger partial charge on any atom is -0.342 e. The highest BCUT2D eigenvalue weighted by Crippen LogP contribution is 2.17. The summed E-state index contributed by atoms with van der Waals surface area (Å²) < 4.78 is 0. The van der Waals surface area contributed by atoms with Gasteiger partial charge in [0, 0.05) is 19.3 Å². The standard InChI is InChI=1S/C12H16N2OS/c1-10-4-5-11(13-8-10)16-9-12(15)14-6-2-3-7-14/h4-5,8H,2-3,6-7,9H2,1H3. The molecule has 0 bridgehead atoms. The predicted molar refractivity (Wildman–Crippen MR) is 65.5 cm³/mol. The molecule has 0 saturated carbocycles. The molecular weight excluding hydrogens is 220 g/mol. The Morgan fingerprint density at radius 2 is 2.19 bits per heavy atom. The molecule has 0 spiro atoms. The molecule has 1 aliphatic heterocycles. The molecule has 1 aromatic heterocycles. The molecule has 0 unspecified atom stereocenters. The molecule has 4 heteroatoms. The van der Waals surface area contributed by atoms with Gasteiger partial charge in [0.25, 0.3) is 0 Å². The Kier molecular flexibility index (Phi) is 3.83. The SMILES string of the molecule is Cc1ccc(SCC(=O)N2CCCC2)nc1. The van der Waals surface area contributed by atoms with Crippen LogP contribution in [0.25, 0.3) is 0 Å². The number of carbonyl (C=O) groups is 1. The molecule has 0 atom stereocenters. The zero-order valence-electron chi connectivity index (χ0n) is 9.48. The second kappa shape index (κ2) is 5.34. The first-order valence-electron chi connectivity index (χ1n) is 5.59. The van der Waals surface area contributed by atoms with Gasteiger partial charge in [-0.1, -0.05) is 17.8 Å². The predicted octanol–water partition coefficient (Wildman–Crippen LogP) is 2.10. The number of thioether (sulfide) groups is 1. The minimum absolute atomic E-state index is 0.241. The van der Waals surface area contributed by atoms with E-state index in [1.807, 2.05) is 30.2 Å². The summed E-state index contributed by atoms with van der Waals surface area (Å²) in [6.07, 6.45) is 4.14. The minimum atomic E-state index is 0.241. The molecule has 2 heterocycles. The summed E-state index contributed by atoms with van der Waals surface area (Å²) >= 11 is 1.52. The Balaban J connectivity index is 1.82. The molecular formula is C12H16N2OS. The number of likely N-dealkylation sites (tertiary alicyclic amines) is 1. The van der Waals surface area contributed by atoms with Gasteiger partial charge >= 0.3 is 0 Å². The lowest BCUT2D eigenvalue weighted by Crippen LogP contribution is -2.29. The summed E-state index contributed by atoms with van der Waals surface area (Å²) in [4.78, 5) is 18.0. The van der Waals surface area contributed by atoms with E-state index in [2.05, 4.69) is 4.98 Å². The average molecular weight is 236 g/mol. The van der Waals surface area contributed by atoms with Crippen molar-refractivity contribution in [3.8, 4) is 0 Å². The third kappa shape index (κ3) is 2.98. The summed E-state index contributed by atoms with van der Waals surface area (Å²) in [7, 11) is 0. The van der Waals surface area contributed by atoms with Crippen molar-refractivity contribution in [2.24, 2.45) is 0 Å². The van der Waals surface area contributed by atoms with Crippen molar-refractivity contribution in [2.45, 2.75) is 24.8 Å². The van der Waals surface area contributed by atoms with E-state index in [1.54, 1.807) is 0 Å². The summed E-state index contributed by atoms with van der Waals surface area (Å²) in [5.74, 6) is 0.751. The van der Waals surface area contributed by atoms with E-state index >= 15 is 0 Å². The molecule has 1 fully saturated rings. The molecule has 0 aliphatic carbocycles. The Morgan fingerprint density at radius 1 is 1.44 bits per heavy atom. The number of aromatic nitrogens is 1. The van der Waals surface area contributed by atoms with E-state index in [0.717, 1.165) is 36.5 Å². The van der Waals surface area contributed by atoms with E-state index < -0.39 is 0 Å². The molecule has 2 rings (SSSR count). The Morgan fingerprint density at radius 3 is 2.81 bits per heavy atom. The van der Waals surface area contributed by atoms with Crippen LogP contribution in [0.2, 0.25) is 0 Å². The molecule has 0 aromatic carbocycles. The zero-order chi connectivity index (χ0) is 11.4. The van der Waals surface area contributed by atoms with Gasteiger partial charge in [0.2, 0.25) is 5.91 Å². The highest BCUT2D eigenvalue weighted by Gasteiger charge is 2.17. The van der Waals surface area contributed by atoms with Gasteiger partial charge in [-0.3, -0.25) is 4.79 Å². The van der Waals surface area contributed by atoms with Gasteiger partial charge in [-0.05, 0) is 31.4 Å². The highest BCUT2D eigenvalue weighted by molar-refractivity contribution is 7.99. The molecule has 1 aromatic rings. The fourth-order valence-electron chi connectivity index (χ4n) is 1.73. The summed E-state index contributed by atoms with van der Waals surface area (Å²) in [5.41, 5.74) is 1.15. The lowest BCUT2D eigenvalue weighted by molar-refractivity contribution is -0.127. The summed E-state index contributed by atoms with van der Waals surface area (Å²) in [6, 6.07) is 3.99. The van der Waals surface area contributed by atoms with E-state index in [1.165, 1.54) is 11.8 Å². The second-order valence-electron chi connectivity index (χ2n) is 4.05. The lowest BCUT2D eigenvalue weighted by atomic mass is 10.3. The fourth-order valence-corrected chi connectivity index (χ4v) is 2.48. The first kappa shape index (κ1) is 11.5. The zero-order valence-corrected chi connectivity index (χ0v) is 10.3. The Labute approximate surface area is 100 Å². The first-order valence-corrected chi connectivity index (χ1v) is 6.57. The number of amides is 1. The van der Waals surface area contributed by atoms with E-state index in [4.69, 9.17) is 0 Å². The van der Waals surface area contributed by atoms with Crippen LogP contribution in [0.15, 0.2) is 23.4 Å². The van der Waals surface area contributed by atoms with Gasteiger partial charge in [-0.25, -0.2) is 4.98 Å². The van der Waals surface area contributed by atoms with Crippen LogP contribution < -0.4 is 0 Å². The molecule has 1 aliphatic rings. The maximum absolute atomic E-state index is 11.8. The van der Waals surface area contributed by atoms with Crippen LogP contribution in [0.4, 0.5) is 0 Å². The molecule has 1 amide bonds. The van der Waals surface area contributed by atoms with Crippen molar-refractivity contribution in [2.75, 3.05) is 18.8 Å². The highest BCUT2D eigenvalue weighted by atomic mass is 32.2. The second-order valence-corrected chi connectivity index (χ2v) is 5.05. The van der Waals surface area contributed by atoms with E-state index in [0.29, 0.717) is 5.75 Å². The largest absolute Gasteiger partial charge is 0.342 e. The van der Waals surface area contributed by atoms with E-state index in [-0.39, 0.29) is 5.91 Å². The average Bonchev–Trinajstić information content (AvgIpc) is 2.81. The van der Waals surface area contributed by atoms with Crippen LogP contribution in [0, 0.1) is 6.92 Å². The third-order valence-corrected chi connectivity index (χ3v) is 3.62. The summed E-state index contributed by atoms with van der Waals surface area (Å²) in [6.45, 7) is 3.87. The van der Waals surface area contributed by atoms with Crippen molar-refractivity contribution in [1.29, 1.82) is 0 Å². The van der Waals surface area contributed by atoms with Crippen LogP contribution in [0.1, 0.15) is 18.4 Å². The van der Waals surface area contributed by atoms with Gasteiger partial charge in [0.1, 0.15) is 0 Å². The molecule has 86 valence electrons. The number of pyridine rings is 1. The number of nitrogens with zero attached hydrogens (tertiary/aromatic N) is 2. The van der Waals surface area contributed by atoms with Crippen LogP contribution in [0.3, 0.4) is 0 Å². The van der Waals surface area contributed by atoms with Crippen molar-refractivity contribution in [3.05, 3.63) is 23.9 Å². The first-order chi connectivity index (χ1) is 7.75. The van der Waals surface area contributed by atoms with Gasteiger partial charge in [0.15, 0.2) is 0 Å². The van der Waals surface area contributed by atoms with E-state index in [9.17, 15) is 4.79 Å². The molecule has 0 N–H and O–H groups in total. The maximum atomic E-state index is 11.8. The van der Waals surface area contributed by atoms with Gasteiger partial charge < -0.3 is 4.90 Å². The smallest absolute Gasteiger partial charge is 0.232 e. The summed E-state index contributed by atoms with van der Waals surface area (Å²) in [5, 5.41) is 0.929. The monoisotopic (exact) mass is 236 g/mol. The van der Waals surface area contributed by atoms with Crippen LogP contribution in [-0.2, 0) is 4.79 Å². The van der Waals surface area contributed by atoms with Crippen molar-refractivity contribution >= 4 is 17.7 Å². The van der Waals surface area contributed by atoms with Crippen LogP contribution in [-0.4, -0.2) is 34.6 Å². The molecule has 3 nitrogen and oxygen atoms in total. The topological polar surface area (TPSA) is 33.2 Å². The van der Waals surface area contributed by atoms with Crippen LogP contribution >= 0.6 is 11.8 Å².